The Labute approximate surface area is 124 Å². The molecule has 3 rings (SSSR count). The second-order valence-electron chi connectivity index (χ2n) is 5.67. The second kappa shape index (κ2) is 5.67. The Balaban J connectivity index is 1.93. The first-order valence-electron chi connectivity index (χ1n) is 7.34. The average molecular weight is 287 g/mol. The molecule has 21 heavy (non-hydrogen) atoms. The molecular formula is C14H21N7. The lowest BCUT2D eigenvalue weighted by Crippen LogP contribution is -2.39. The predicted molar refractivity (Wildman–Crippen MR) is 81.7 cm³/mol. The Morgan fingerprint density at radius 1 is 1.14 bits per heavy atom. The van der Waals surface area contributed by atoms with E-state index >= 15 is 0 Å². The summed E-state index contributed by atoms with van der Waals surface area (Å²) in [6.07, 6.45) is 6.41. The Bertz CT molecular complexity index is 595. The van der Waals surface area contributed by atoms with Crippen LogP contribution in [0.1, 0.15) is 20.3 Å². The van der Waals surface area contributed by atoms with Crippen molar-refractivity contribution in [3.8, 4) is 5.95 Å². The van der Waals surface area contributed by atoms with E-state index in [0.717, 1.165) is 25.0 Å². The maximum atomic E-state index is 4.59. The van der Waals surface area contributed by atoms with E-state index in [1.54, 1.807) is 17.1 Å². The highest BCUT2D eigenvalue weighted by molar-refractivity contribution is 5.40. The molecule has 2 unspecified atom stereocenters. The number of nitrogens with one attached hydrogen (secondary N) is 1. The van der Waals surface area contributed by atoms with E-state index in [-0.39, 0.29) is 0 Å². The molecule has 112 valence electrons. The van der Waals surface area contributed by atoms with Crippen molar-refractivity contribution in [2.45, 2.75) is 20.3 Å². The number of rotatable bonds is 3. The molecule has 0 radical (unpaired) electrons. The van der Waals surface area contributed by atoms with Gasteiger partial charge in [-0.15, -0.1) is 0 Å². The van der Waals surface area contributed by atoms with Gasteiger partial charge in [-0.2, -0.15) is 15.0 Å². The van der Waals surface area contributed by atoms with Crippen LogP contribution < -0.4 is 10.2 Å². The predicted octanol–water partition coefficient (Wildman–Crippen LogP) is 1.58. The van der Waals surface area contributed by atoms with Crippen LogP contribution in [0.5, 0.6) is 0 Å². The van der Waals surface area contributed by atoms with Gasteiger partial charge in [0.05, 0.1) is 0 Å². The SMILES string of the molecule is CNc1nc(N2CCC(C)C(C)C2)nc(-n2ccnc2)n1. The normalized spacial score (nSPS) is 22.3. The summed E-state index contributed by atoms with van der Waals surface area (Å²) in [5.41, 5.74) is 0. The van der Waals surface area contributed by atoms with E-state index in [1.165, 1.54) is 6.42 Å². The summed E-state index contributed by atoms with van der Waals surface area (Å²) in [5, 5.41) is 3.01. The maximum absolute atomic E-state index is 4.59. The van der Waals surface area contributed by atoms with E-state index in [0.29, 0.717) is 17.8 Å². The number of imidazole rings is 1. The Hall–Kier alpha value is -2.18. The largest absolute Gasteiger partial charge is 0.357 e. The van der Waals surface area contributed by atoms with Crippen molar-refractivity contribution in [3.05, 3.63) is 18.7 Å². The standard InChI is InChI=1S/C14H21N7/c1-10-4-6-20(8-11(10)2)13-17-12(15-3)18-14(19-13)21-7-5-16-9-21/h5,7,9-11H,4,6,8H2,1-3H3,(H,15,17,18,19). The van der Waals surface area contributed by atoms with Crippen molar-refractivity contribution in [1.82, 2.24) is 24.5 Å². The molecule has 1 saturated heterocycles. The van der Waals surface area contributed by atoms with Gasteiger partial charge in [0.25, 0.3) is 0 Å². The number of hydrogen-bond donors (Lipinski definition) is 1. The molecule has 0 aliphatic carbocycles. The van der Waals surface area contributed by atoms with E-state index in [1.807, 2.05) is 13.2 Å². The minimum Gasteiger partial charge on any atom is -0.357 e. The van der Waals surface area contributed by atoms with Gasteiger partial charge in [-0.25, -0.2) is 4.98 Å². The first kappa shape index (κ1) is 13.8. The van der Waals surface area contributed by atoms with E-state index < -0.39 is 0 Å². The molecular weight excluding hydrogens is 266 g/mol. The summed E-state index contributed by atoms with van der Waals surface area (Å²) < 4.78 is 1.79. The fraction of sp³-hybridized carbons (Fsp3) is 0.571. The van der Waals surface area contributed by atoms with Crippen LogP contribution in [0.4, 0.5) is 11.9 Å². The molecule has 2 atom stereocenters. The summed E-state index contributed by atoms with van der Waals surface area (Å²) in [6, 6.07) is 0. The molecule has 1 fully saturated rings. The minimum atomic E-state index is 0.579. The summed E-state index contributed by atoms with van der Waals surface area (Å²) >= 11 is 0. The molecule has 7 nitrogen and oxygen atoms in total. The fourth-order valence-corrected chi connectivity index (χ4v) is 2.54. The smallest absolute Gasteiger partial charge is 0.241 e. The average Bonchev–Trinajstić information content (AvgIpc) is 3.04. The zero-order valence-electron chi connectivity index (χ0n) is 12.7. The molecule has 2 aromatic heterocycles. The molecule has 1 aliphatic rings. The van der Waals surface area contributed by atoms with E-state index in [2.05, 4.69) is 44.0 Å². The lowest BCUT2D eigenvalue weighted by Gasteiger charge is -2.35. The van der Waals surface area contributed by atoms with Crippen LogP contribution in [0.3, 0.4) is 0 Å². The monoisotopic (exact) mass is 287 g/mol. The van der Waals surface area contributed by atoms with Gasteiger partial charge in [0.1, 0.15) is 6.33 Å². The summed E-state index contributed by atoms with van der Waals surface area (Å²) in [5.74, 6) is 3.30. The highest BCUT2D eigenvalue weighted by Crippen LogP contribution is 2.25. The summed E-state index contributed by atoms with van der Waals surface area (Å²) in [4.78, 5) is 19.8. The summed E-state index contributed by atoms with van der Waals surface area (Å²) in [6.45, 7) is 6.57. The fourth-order valence-electron chi connectivity index (χ4n) is 2.54. The van der Waals surface area contributed by atoms with Crippen molar-refractivity contribution in [2.24, 2.45) is 11.8 Å². The van der Waals surface area contributed by atoms with Crippen LogP contribution in [0.25, 0.3) is 5.95 Å². The van der Waals surface area contributed by atoms with Gasteiger partial charge in [0.2, 0.25) is 17.8 Å². The van der Waals surface area contributed by atoms with Gasteiger partial charge >= 0.3 is 0 Å². The Morgan fingerprint density at radius 3 is 2.62 bits per heavy atom. The first-order valence-corrected chi connectivity index (χ1v) is 7.34. The third kappa shape index (κ3) is 2.81. The van der Waals surface area contributed by atoms with Gasteiger partial charge < -0.3 is 10.2 Å². The number of nitrogens with zero attached hydrogens (tertiary/aromatic N) is 6. The maximum Gasteiger partial charge on any atom is 0.241 e. The van der Waals surface area contributed by atoms with Gasteiger partial charge in [-0.05, 0) is 18.3 Å². The first-order chi connectivity index (χ1) is 10.2. The Morgan fingerprint density at radius 2 is 1.95 bits per heavy atom. The molecule has 1 aliphatic heterocycles. The second-order valence-corrected chi connectivity index (χ2v) is 5.67. The van der Waals surface area contributed by atoms with Crippen LogP contribution in [0.15, 0.2) is 18.7 Å². The molecule has 2 aromatic rings. The topological polar surface area (TPSA) is 71.8 Å². The van der Waals surface area contributed by atoms with Crippen LogP contribution >= 0.6 is 0 Å². The van der Waals surface area contributed by atoms with Gasteiger partial charge in [0.15, 0.2) is 0 Å². The van der Waals surface area contributed by atoms with Crippen molar-refractivity contribution in [2.75, 3.05) is 30.4 Å². The molecule has 0 saturated carbocycles. The van der Waals surface area contributed by atoms with Crippen molar-refractivity contribution >= 4 is 11.9 Å². The highest BCUT2D eigenvalue weighted by atomic mass is 15.3. The molecule has 1 N–H and O–H groups in total. The lowest BCUT2D eigenvalue weighted by atomic mass is 9.89. The van der Waals surface area contributed by atoms with Crippen LogP contribution in [-0.4, -0.2) is 44.6 Å². The van der Waals surface area contributed by atoms with Crippen LogP contribution in [0.2, 0.25) is 0 Å². The molecule has 0 spiro atoms. The van der Waals surface area contributed by atoms with E-state index in [4.69, 9.17) is 0 Å². The van der Waals surface area contributed by atoms with E-state index in [9.17, 15) is 0 Å². The number of hydrogen-bond acceptors (Lipinski definition) is 6. The van der Waals surface area contributed by atoms with Crippen molar-refractivity contribution in [3.63, 3.8) is 0 Å². The third-order valence-corrected chi connectivity index (χ3v) is 4.19. The molecule has 7 heteroatoms. The quantitative estimate of drug-likeness (QED) is 0.924. The Kier molecular flexibility index (Phi) is 3.72. The lowest BCUT2D eigenvalue weighted by molar-refractivity contribution is 0.321. The van der Waals surface area contributed by atoms with Crippen LogP contribution in [0, 0.1) is 11.8 Å². The molecule has 3 heterocycles. The zero-order valence-corrected chi connectivity index (χ0v) is 12.7. The van der Waals surface area contributed by atoms with Gasteiger partial charge in [-0.1, -0.05) is 13.8 Å². The van der Waals surface area contributed by atoms with Crippen LogP contribution in [-0.2, 0) is 0 Å². The number of anilines is 2. The molecule has 0 aromatic carbocycles. The zero-order chi connectivity index (χ0) is 14.8. The van der Waals surface area contributed by atoms with Gasteiger partial charge in [-0.3, -0.25) is 4.57 Å². The summed E-state index contributed by atoms with van der Waals surface area (Å²) in [7, 11) is 1.82. The van der Waals surface area contributed by atoms with Gasteiger partial charge in [0, 0.05) is 32.5 Å². The van der Waals surface area contributed by atoms with Crippen molar-refractivity contribution < 1.29 is 0 Å². The molecule has 0 amide bonds. The van der Waals surface area contributed by atoms with Crippen molar-refractivity contribution in [1.29, 1.82) is 0 Å². The molecule has 0 bridgehead atoms. The highest BCUT2D eigenvalue weighted by Gasteiger charge is 2.25. The third-order valence-electron chi connectivity index (χ3n) is 4.19. The number of piperidine rings is 1. The number of aromatic nitrogens is 5. The minimum absolute atomic E-state index is 0.579.